The molecule has 2 aromatic rings. The third kappa shape index (κ3) is 5.06. The van der Waals surface area contributed by atoms with Gasteiger partial charge in [-0.1, -0.05) is 24.6 Å². The first kappa shape index (κ1) is 20.4. The first-order valence-electron chi connectivity index (χ1n) is 8.82. The lowest BCUT2D eigenvalue weighted by Gasteiger charge is -2.19. The first-order chi connectivity index (χ1) is 13.0. The Morgan fingerprint density at radius 2 is 1.63 bits per heavy atom. The second-order valence-electron chi connectivity index (χ2n) is 6.04. The van der Waals surface area contributed by atoms with Crippen LogP contribution in [0, 0.1) is 6.92 Å². The lowest BCUT2D eigenvalue weighted by Crippen LogP contribution is -2.37. The number of rotatable bonds is 9. The fourth-order valence-electron chi connectivity index (χ4n) is 2.70. The summed E-state index contributed by atoms with van der Waals surface area (Å²) in [6.45, 7) is 4.20. The zero-order valence-corrected chi connectivity index (χ0v) is 16.5. The highest BCUT2D eigenvalue weighted by Crippen LogP contribution is 2.39. The monoisotopic (exact) mass is 373 g/mol. The van der Waals surface area contributed by atoms with Gasteiger partial charge in [-0.15, -0.1) is 0 Å². The van der Waals surface area contributed by atoms with Crippen LogP contribution in [0.15, 0.2) is 36.4 Å². The normalized spacial score (nSPS) is 11.4. The van der Waals surface area contributed by atoms with Gasteiger partial charge in [-0.2, -0.15) is 0 Å². The van der Waals surface area contributed by atoms with Crippen LogP contribution >= 0.6 is 0 Å². The van der Waals surface area contributed by atoms with E-state index in [1.807, 2.05) is 44.2 Å². The molecule has 0 fully saturated rings. The maximum Gasteiger partial charge on any atom is 0.261 e. The van der Waals surface area contributed by atoms with Gasteiger partial charge in [0.25, 0.3) is 5.91 Å². The number of benzene rings is 2. The van der Waals surface area contributed by atoms with E-state index >= 15 is 0 Å². The highest BCUT2D eigenvalue weighted by Gasteiger charge is 2.20. The molecule has 0 saturated carbocycles. The smallest absolute Gasteiger partial charge is 0.261 e. The second-order valence-corrected chi connectivity index (χ2v) is 6.04. The molecule has 2 rings (SSSR count). The van der Waals surface area contributed by atoms with E-state index in [4.69, 9.17) is 18.9 Å². The quantitative estimate of drug-likeness (QED) is 0.729. The molecule has 146 valence electrons. The van der Waals surface area contributed by atoms with Gasteiger partial charge in [-0.05, 0) is 37.6 Å². The summed E-state index contributed by atoms with van der Waals surface area (Å²) < 4.78 is 21.9. The van der Waals surface area contributed by atoms with E-state index in [0.717, 1.165) is 11.1 Å². The molecule has 1 atom stereocenters. The summed E-state index contributed by atoms with van der Waals surface area (Å²) in [5, 5.41) is 2.90. The van der Waals surface area contributed by atoms with E-state index in [9.17, 15) is 4.79 Å². The van der Waals surface area contributed by atoms with E-state index in [2.05, 4.69) is 5.32 Å². The van der Waals surface area contributed by atoms with Crippen molar-refractivity contribution < 1.29 is 23.7 Å². The minimum atomic E-state index is -0.571. The third-order valence-electron chi connectivity index (χ3n) is 4.20. The Bertz CT molecular complexity index is 758. The number of methoxy groups -OCH3 is 3. The average Bonchev–Trinajstić information content (AvgIpc) is 2.70. The number of hydrogen-bond acceptors (Lipinski definition) is 5. The number of aryl methyl sites for hydroxylation is 1. The minimum absolute atomic E-state index is 0.185. The molecule has 0 aliphatic rings. The van der Waals surface area contributed by atoms with Gasteiger partial charge in [0, 0.05) is 12.1 Å². The lowest BCUT2D eigenvalue weighted by atomic mass is 10.1. The van der Waals surface area contributed by atoms with Crippen molar-refractivity contribution in [3.8, 4) is 23.0 Å². The number of carbonyl (C=O) groups excluding carboxylic acids is 1. The summed E-state index contributed by atoms with van der Waals surface area (Å²) in [5.74, 6) is 2.08. The fraction of sp³-hybridized carbons (Fsp3) is 0.381. The molecule has 0 aliphatic heterocycles. The summed E-state index contributed by atoms with van der Waals surface area (Å²) in [5.41, 5.74) is 1.93. The summed E-state index contributed by atoms with van der Waals surface area (Å²) in [6.07, 6.45) is -0.0122. The molecule has 0 aliphatic carbocycles. The lowest BCUT2D eigenvalue weighted by molar-refractivity contribution is -0.128. The van der Waals surface area contributed by atoms with Crippen LogP contribution in [0.4, 0.5) is 0 Å². The van der Waals surface area contributed by atoms with Crippen LogP contribution in [-0.4, -0.2) is 33.3 Å². The van der Waals surface area contributed by atoms with E-state index < -0.39 is 6.10 Å². The summed E-state index contributed by atoms with van der Waals surface area (Å²) >= 11 is 0. The van der Waals surface area contributed by atoms with Gasteiger partial charge in [-0.3, -0.25) is 4.79 Å². The Hall–Kier alpha value is -2.89. The van der Waals surface area contributed by atoms with Crippen LogP contribution in [0.25, 0.3) is 0 Å². The predicted octanol–water partition coefficient (Wildman–Crippen LogP) is 3.49. The number of hydrogen-bond donors (Lipinski definition) is 1. The van der Waals surface area contributed by atoms with Crippen LogP contribution in [0.3, 0.4) is 0 Å². The minimum Gasteiger partial charge on any atom is -0.493 e. The largest absolute Gasteiger partial charge is 0.493 e. The van der Waals surface area contributed by atoms with Gasteiger partial charge in [-0.25, -0.2) is 0 Å². The van der Waals surface area contributed by atoms with Crippen LogP contribution in [-0.2, 0) is 11.3 Å². The van der Waals surface area contributed by atoms with Crippen LogP contribution in [0.2, 0.25) is 0 Å². The molecule has 1 N–H and O–H groups in total. The molecule has 2 aromatic carbocycles. The number of ether oxygens (including phenoxy) is 4. The van der Waals surface area contributed by atoms with Crippen molar-refractivity contribution in [2.75, 3.05) is 21.3 Å². The van der Waals surface area contributed by atoms with Gasteiger partial charge >= 0.3 is 0 Å². The Labute approximate surface area is 160 Å². The van der Waals surface area contributed by atoms with Gasteiger partial charge < -0.3 is 24.3 Å². The summed E-state index contributed by atoms with van der Waals surface area (Å²) in [7, 11) is 4.66. The topological polar surface area (TPSA) is 66.0 Å². The molecule has 0 spiro atoms. The van der Waals surface area contributed by atoms with Crippen molar-refractivity contribution >= 4 is 5.91 Å². The van der Waals surface area contributed by atoms with Crippen molar-refractivity contribution in [2.45, 2.75) is 32.9 Å². The van der Waals surface area contributed by atoms with Gasteiger partial charge in [0.05, 0.1) is 21.3 Å². The molecule has 6 heteroatoms. The fourth-order valence-corrected chi connectivity index (χ4v) is 2.70. The third-order valence-corrected chi connectivity index (χ3v) is 4.20. The molecule has 0 bridgehead atoms. The average molecular weight is 373 g/mol. The molecule has 1 amide bonds. The Kier molecular flexibility index (Phi) is 7.34. The van der Waals surface area contributed by atoms with Gasteiger partial charge in [0.15, 0.2) is 17.6 Å². The van der Waals surface area contributed by atoms with Crippen molar-refractivity contribution in [1.82, 2.24) is 5.32 Å². The van der Waals surface area contributed by atoms with Crippen LogP contribution < -0.4 is 24.3 Å². The first-order valence-corrected chi connectivity index (χ1v) is 8.82. The summed E-state index contributed by atoms with van der Waals surface area (Å²) in [4.78, 5) is 12.6. The van der Waals surface area contributed by atoms with Crippen molar-refractivity contribution in [3.05, 3.63) is 47.5 Å². The predicted molar refractivity (Wildman–Crippen MR) is 104 cm³/mol. The highest BCUT2D eigenvalue weighted by molar-refractivity contribution is 5.81. The summed E-state index contributed by atoms with van der Waals surface area (Å²) in [6, 6.07) is 11.2. The van der Waals surface area contributed by atoms with E-state index in [1.165, 1.54) is 0 Å². The SMILES string of the molecule is CC[C@H](Oc1ccc(C)cc1)C(=O)NCc1ccc(OC)c(OC)c1OC. The zero-order valence-electron chi connectivity index (χ0n) is 16.5. The van der Waals surface area contributed by atoms with Gasteiger partial charge in [0.2, 0.25) is 5.75 Å². The van der Waals surface area contributed by atoms with Crippen molar-refractivity contribution in [2.24, 2.45) is 0 Å². The maximum absolute atomic E-state index is 12.6. The maximum atomic E-state index is 12.6. The van der Waals surface area contributed by atoms with E-state index in [1.54, 1.807) is 27.4 Å². The molecule has 0 heterocycles. The molecule has 6 nitrogen and oxygen atoms in total. The molecule has 0 radical (unpaired) electrons. The van der Waals surface area contributed by atoms with Gasteiger partial charge in [0.1, 0.15) is 5.75 Å². The second kappa shape index (κ2) is 9.71. The number of amides is 1. The van der Waals surface area contributed by atoms with Crippen LogP contribution in [0.1, 0.15) is 24.5 Å². The molecule has 0 unspecified atom stereocenters. The molecule has 27 heavy (non-hydrogen) atoms. The molecular formula is C21H27NO5. The van der Waals surface area contributed by atoms with E-state index in [-0.39, 0.29) is 12.5 Å². The number of nitrogens with one attached hydrogen (secondary N) is 1. The van der Waals surface area contributed by atoms with Crippen molar-refractivity contribution in [1.29, 1.82) is 0 Å². The molecular weight excluding hydrogens is 346 g/mol. The molecule has 0 aromatic heterocycles. The number of carbonyl (C=O) groups is 1. The zero-order chi connectivity index (χ0) is 19.8. The standard InChI is InChI=1S/C21H27NO5/c1-6-17(27-16-10-7-14(2)8-11-16)21(23)22-13-15-9-12-18(24-3)20(26-5)19(15)25-4/h7-12,17H,6,13H2,1-5H3,(H,22,23)/t17-/m0/s1. The Morgan fingerprint density at radius 1 is 0.963 bits per heavy atom. The Morgan fingerprint density at radius 3 is 2.19 bits per heavy atom. The van der Waals surface area contributed by atoms with Crippen molar-refractivity contribution in [3.63, 3.8) is 0 Å². The molecule has 0 saturated heterocycles. The van der Waals surface area contributed by atoms with E-state index in [0.29, 0.717) is 29.4 Å². The Balaban J connectivity index is 2.08. The highest BCUT2D eigenvalue weighted by atomic mass is 16.5. The van der Waals surface area contributed by atoms with Crippen LogP contribution in [0.5, 0.6) is 23.0 Å².